The van der Waals surface area contributed by atoms with Gasteiger partial charge in [-0.2, -0.15) is 0 Å². The second kappa shape index (κ2) is 13.7. The highest BCUT2D eigenvalue weighted by Gasteiger charge is 2.39. The van der Waals surface area contributed by atoms with Crippen molar-refractivity contribution in [3.05, 3.63) is 230 Å². The Hall–Kier alpha value is -7.68. The average molecular weight is 779 g/mol. The molecule has 0 aliphatic heterocycles. The summed E-state index contributed by atoms with van der Waals surface area (Å²) in [5, 5.41) is 12.5. The Labute approximate surface area is 356 Å². The van der Waals surface area contributed by atoms with Gasteiger partial charge in [0.15, 0.2) is 0 Å². The lowest BCUT2D eigenvalue weighted by Gasteiger charge is -2.30. The molecule has 0 saturated carbocycles. The molecule has 61 heavy (non-hydrogen) atoms. The number of hydrogen-bond acceptors (Lipinski definition) is 2. The fraction of sp³-hybridized carbons (Fsp3) is 0.0508. The standard InChI is InChI=1S/C59H42N2/c1-59(2)54-38-46(60(43-22-4-3-5-23-43)55-28-14-20-40-17-8-10-24-47(40)55)33-35-52(54)57-50-27-13-12-26-49(50)53-37-45(32-34-51(53)58(57)59)61(44-31-30-39-16-6-7-19-42(39)36-44)56-29-15-21-41-18-9-11-25-48(41)56/h3-38H,1-2H3. The zero-order valence-electron chi connectivity index (χ0n) is 34.2. The van der Waals surface area contributed by atoms with Crippen molar-refractivity contribution < 1.29 is 0 Å². The summed E-state index contributed by atoms with van der Waals surface area (Å²) < 4.78 is 0. The summed E-state index contributed by atoms with van der Waals surface area (Å²) in [7, 11) is 0. The Balaban J connectivity index is 1.07. The molecule has 0 amide bonds. The quantitative estimate of drug-likeness (QED) is 0.155. The van der Waals surface area contributed by atoms with Crippen LogP contribution in [0.1, 0.15) is 25.0 Å². The molecule has 0 N–H and O–H groups in total. The van der Waals surface area contributed by atoms with Gasteiger partial charge in [0.1, 0.15) is 0 Å². The molecular formula is C59H42N2. The van der Waals surface area contributed by atoms with E-state index in [2.05, 4.69) is 242 Å². The molecule has 0 unspecified atom stereocenters. The van der Waals surface area contributed by atoms with E-state index in [1.165, 1.54) is 81.8 Å². The van der Waals surface area contributed by atoms with Gasteiger partial charge in [-0.1, -0.05) is 172 Å². The molecule has 0 spiro atoms. The number of anilines is 6. The van der Waals surface area contributed by atoms with Gasteiger partial charge in [-0.15, -0.1) is 0 Å². The number of rotatable bonds is 6. The van der Waals surface area contributed by atoms with Crippen molar-refractivity contribution in [1.82, 2.24) is 0 Å². The Kier molecular flexibility index (Phi) is 7.92. The van der Waals surface area contributed by atoms with Crippen LogP contribution in [0.3, 0.4) is 0 Å². The molecule has 0 atom stereocenters. The molecule has 12 rings (SSSR count). The maximum Gasteiger partial charge on any atom is 0.0540 e. The van der Waals surface area contributed by atoms with E-state index in [-0.39, 0.29) is 5.41 Å². The Morgan fingerprint density at radius 2 is 0.820 bits per heavy atom. The van der Waals surface area contributed by atoms with Gasteiger partial charge in [0.2, 0.25) is 0 Å². The second-order valence-corrected chi connectivity index (χ2v) is 16.9. The minimum atomic E-state index is -0.279. The zero-order valence-corrected chi connectivity index (χ0v) is 34.2. The minimum Gasteiger partial charge on any atom is -0.310 e. The molecule has 2 heteroatoms. The monoisotopic (exact) mass is 778 g/mol. The SMILES string of the molecule is CC1(C)c2cc(N(c3ccccc3)c3cccc4ccccc34)ccc2-c2c1c1ccc(N(c3ccc4ccccc4c3)c3cccc4ccccc34)cc1c1ccccc21. The molecule has 0 fully saturated rings. The van der Waals surface area contributed by atoms with Crippen LogP contribution in [-0.4, -0.2) is 0 Å². The largest absolute Gasteiger partial charge is 0.310 e. The minimum absolute atomic E-state index is 0.279. The molecule has 0 saturated heterocycles. The van der Waals surface area contributed by atoms with E-state index < -0.39 is 0 Å². The van der Waals surface area contributed by atoms with Crippen molar-refractivity contribution in [2.45, 2.75) is 19.3 Å². The summed E-state index contributed by atoms with van der Waals surface area (Å²) in [4.78, 5) is 4.88. The third-order valence-electron chi connectivity index (χ3n) is 13.1. The van der Waals surface area contributed by atoms with E-state index in [1.807, 2.05) is 0 Å². The number of fused-ring (bicyclic) bond motifs is 11. The molecule has 0 aromatic heterocycles. The van der Waals surface area contributed by atoms with Crippen LogP contribution < -0.4 is 9.80 Å². The van der Waals surface area contributed by atoms with Crippen LogP contribution in [-0.2, 0) is 5.41 Å². The van der Waals surface area contributed by atoms with Gasteiger partial charge in [0, 0.05) is 38.9 Å². The van der Waals surface area contributed by atoms with Crippen LogP contribution in [0.2, 0.25) is 0 Å². The number of hydrogen-bond donors (Lipinski definition) is 0. The molecule has 0 radical (unpaired) electrons. The van der Waals surface area contributed by atoms with Gasteiger partial charge in [0.05, 0.1) is 11.4 Å². The van der Waals surface area contributed by atoms with Crippen LogP contribution in [0.4, 0.5) is 34.1 Å². The van der Waals surface area contributed by atoms with Crippen LogP contribution in [0.5, 0.6) is 0 Å². The van der Waals surface area contributed by atoms with E-state index in [1.54, 1.807) is 0 Å². The molecular weight excluding hydrogens is 737 g/mol. The summed E-state index contributed by atoms with van der Waals surface area (Å²) >= 11 is 0. The summed E-state index contributed by atoms with van der Waals surface area (Å²) in [6.45, 7) is 4.84. The second-order valence-electron chi connectivity index (χ2n) is 16.9. The van der Waals surface area contributed by atoms with E-state index in [0.717, 1.165) is 28.4 Å². The van der Waals surface area contributed by atoms with Gasteiger partial charge >= 0.3 is 0 Å². The zero-order chi connectivity index (χ0) is 40.7. The van der Waals surface area contributed by atoms with Crippen molar-refractivity contribution in [2.24, 2.45) is 0 Å². The fourth-order valence-corrected chi connectivity index (χ4v) is 10.3. The summed E-state index contributed by atoms with van der Waals surface area (Å²) in [6.07, 6.45) is 0. The predicted molar refractivity (Wildman–Crippen MR) is 261 cm³/mol. The number of nitrogens with zero attached hydrogens (tertiary/aromatic N) is 2. The number of benzene rings is 11. The highest BCUT2D eigenvalue weighted by Crippen LogP contribution is 2.56. The lowest BCUT2D eigenvalue weighted by atomic mass is 9.79. The molecule has 288 valence electrons. The normalized spacial score (nSPS) is 12.9. The fourth-order valence-electron chi connectivity index (χ4n) is 10.3. The lowest BCUT2D eigenvalue weighted by Crippen LogP contribution is -2.17. The van der Waals surface area contributed by atoms with Gasteiger partial charge in [0.25, 0.3) is 0 Å². The third kappa shape index (κ3) is 5.49. The van der Waals surface area contributed by atoms with Crippen molar-refractivity contribution in [3.8, 4) is 11.1 Å². The summed E-state index contributed by atoms with van der Waals surface area (Å²) in [5.41, 5.74) is 12.0. The van der Waals surface area contributed by atoms with Crippen LogP contribution in [0, 0.1) is 0 Å². The number of para-hydroxylation sites is 1. The molecule has 1 aliphatic rings. The molecule has 2 nitrogen and oxygen atoms in total. The Morgan fingerprint density at radius 1 is 0.311 bits per heavy atom. The van der Waals surface area contributed by atoms with E-state index in [4.69, 9.17) is 0 Å². The molecule has 0 heterocycles. The smallest absolute Gasteiger partial charge is 0.0540 e. The lowest BCUT2D eigenvalue weighted by molar-refractivity contribution is 0.666. The van der Waals surface area contributed by atoms with Crippen molar-refractivity contribution in [3.63, 3.8) is 0 Å². The molecule has 0 bridgehead atoms. The summed E-state index contributed by atoms with van der Waals surface area (Å²) in [5.74, 6) is 0. The first-order valence-corrected chi connectivity index (χ1v) is 21.3. The third-order valence-corrected chi connectivity index (χ3v) is 13.1. The topological polar surface area (TPSA) is 6.48 Å². The van der Waals surface area contributed by atoms with E-state index >= 15 is 0 Å². The van der Waals surface area contributed by atoms with E-state index in [0.29, 0.717) is 0 Å². The first-order valence-electron chi connectivity index (χ1n) is 21.3. The van der Waals surface area contributed by atoms with Gasteiger partial charge in [-0.3, -0.25) is 0 Å². The van der Waals surface area contributed by atoms with Gasteiger partial charge in [-0.25, -0.2) is 0 Å². The molecule has 1 aliphatic carbocycles. The highest BCUT2D eigenvalue weighted by atomic mass is 15.1. The van der Waals surface area contributed by atoms with Crippen molar-refractivity contribution in [2.75, 3.05) is 9.80 Å². The predicted octanol–water partition coefficient (Wildman–Crippen LogP) is 16.7. The Bertz CT molecular complexity index is 3520. The van der Waals surface area contributed by atoms with Crippen LogP contribution in [0.25, 0.3) is 65.0 Å². The van der Waals surface area contributed by atoms with Crippen LogP contribution in [0.15, 0.2) is 218 Å². The maximum atomic E-state index is 2.46. The van der Waals surface area contributed by atoms with Crippen molar-refractivity contribution >= 4 is 88.0 Å². The Morgan fingerprint density at radius 3 is 1.52 bits per heavy atom. The maximum absolute atomic E-state index is 2.46. The van der Waals surface area contributed by atoms with Gasteiger partial charge < -0.3 is 9.80 Å². The first-order chi connectivity index (χ1) is 30.0. The van der Waals surface area contributed by atoms with E-state index in [9.17, 15) is 0 Å². The van der Waals surface area contributed by atoms with Gasteiger partial charge in [-0.05, 0) is 126 Å². The first kappa shape index (κ1) is 35.3. The van der Waals surface area contributed by atoms with Crippen LogP contribution >= 0.6 is 0 Å². The molecule has 11 aromatic rings. The molecule has 11 aromatic carbocycles. The highest BCUT2D eigenvalue weighted by molar-refractivity contribution is 6.19. The summed E-state index contributed by atoms with van der Waals surface area (Å²) in [6, 6.07) is 80.4. The average Bonchev–Trinajstić information content (AvgIpc) is 3.55. The van der Waals surface area contributed by atoms with Crippen molar-refractivity contribution in [1.29, 1.82) is 0 Å².